The van der Waals surface area contributed by atoms with Gasteiger partial charge in [-0.1, -0.05) is 11.6 Å². The number of nitro groups is 1. The van der Waals surface area contributed by atoms with E-state index in [0.717, 1.165) is 5.56 Å². The lowest BCUT2D eigenvalue weighted by molar-refractivity contribution is -0.385. The Morgan fingerprint density at radius 2 is 2.09 bits per heavy atom. The maximum absolute atomic E-state index is 11.3. The highest BCUT2D eigenvalue weighted by molar-refractivity contribution is 6.31. The normalized spacial score (nSPS) is 10.6. The average molecular weight is 324 g/mol. The van der Waals surface area contributed by atoms with Crippen LogP contribution in [-0.4, -0.2) is 34.0 Å². The van der Waals surface area contributed by atoms with Crippen molar-refractivity contribution in [2.24, 2.45) is 0 Å². The van der Waals surface area contributed by atoms with Gasteiger partial charge in [0.05, 0.1) is 4.92 Å². The van der Waals surface area contributed by atoms with Gasteiger partial charge in [0.1, 0.15) is 12.1 Å². The molecule has 2 rings (SSSR count). The van der Waals surface area contributed by atoms with Crippen LogP contribution in [0.4, 0.5) is 11.5 Å². The number of anilines is 1. The lowest BCUT2D eigenvalue weighted by Crippen LogP contribution is -2.21. The van der Waals surface area contributed by atoms with E-state index in [2.05, 4.69) is 15.4 Å². The predicted octanol–water partition coefficient (Wildman–Crippen LogP) is 3.03. The number of nitrogens with one attached hydrogen (secondary N) is 1. The zero-order chi connectivity index (χ0) is 16.3. The van der Waals surface area contributed by atoms with Crippen molar-refractivity contribution in [1.29, 1.82) is 0 Å². The Bertz CT molecular complexity index is 708. The number of hydrogen-bond acceptors (Lipinski definition) is 7. The maximum atomic E-state index is 11.3. The minimum absolute atomic E-state index is 0.0469. The van der Waals surface area contributed by atoms with Crippen molar-refractivity contribution in [3.05, 3.63) is 45.2 Å². The van der Waals surface area contributed by atoms with Gasteiger partial charge in [-0.2, -0.15) is 4.98 Å². The molecule has 0 amide bonds. The van der Waals surface area contributed by atoms with E-state index in [4.69, 9.17) is 16.3 Å². The fourth-order valence-corrected chi connectivity index (χ4v) is 1.81. The number of nitrogens with zero attached hydrogens (tertiary/aromatic N) is 4. The number of aryl methyl sites for hydroxylation is 1. The zero-order valence-corrected chi connectivity index (χ0v) is 13.0. The summed E-state index contributed by atoms with van der Waals surface area (Å²) in [7, 11) is 3.38. The number of halogens is 1. The van der Waals surface area contributed by atoms with Gasteiger partial charge in [0.25, 0.3) is 0 Å². The van der Waals surface area contributed by atoms with Gasteiger partial charge < -0.3 is 4.74 Å². The van der Waals surface area contributed by atoms with Crippen LogP contribution in [0.5, 0.6) is 11.6 Å². The summed E-state index contributed by atoms with van der Waals surface area (Å²) >= 11 is 5.94. The van der Waals surface area contributed by atoms with Crippen molar-refractivity contribution in [3.8, 4) is 11.6 Å². The van der Waals surface area contributed by atoms with Gasteiger partial charge in [0.2, 0.25) is 5.82 Å². The number of hydrazine groups is 1. The Hall–Kier alpha value is -2.45. The molecule has 0 spiro atoms. The third kappa shape index (κ3) is 3.60. The summed E-state index contributed by atoms with van der Waals surface area (Å²) < 4.78 is 5.52. The summed E-state index contributed by atoms with van der Waals surface area (Å²) in [5.41, 5.74) is 3.19. The van der Waals surface area contributed by atoms with Crippen molar-refractivity contribution in [3.63, 3.8) is 0 Å². The van der Waals surface area contributed by atoms with Crippen LogP contribution in [0.15, 0.2) is 24.5 Å². The summed E-state index contributed by atoms with van der Waals surface area (Å²) in [5.74, 6) is 0.302. The summed E-state index contributed by atoms with van der Waals surface area (Å²) in [6, 6.07) is 4.94. The summed E-state index contributed by atoms with van der Waals surface area (Å²) in [4.78, 5) is 18.4. The van der Waals surface area contributed by atoms with Crippen LogP contribution in [0.25, 0.3) is 0 Å². The van der Waals surface area contributed by atoms with Crippen molar-refractivity contribution < 1.29 is 9.66 Å². The second-order valence-corrected chi connectivity index (χ2v) is 5.06. The molecule has 116 valence electrons. The molecule has 0 aliphatic carbocycles. The molecule has 1 aromatic heterocycles. The van der Waals surface area contributed by atoms with Gasteiger partial charge in [0.15, 0.2) is 0 Å². The van der Waals surface area contributed by atoms with Gasteiger partial charge >= 0.3 is 11.6 Å². The van der Waals surface area contributed by atoms with Gasteiger partial charge in [0, 0.05) is 19.1 Å². The highest BCUT2D eigenvalue weighted by Crippen LogP contribution is 2.34. The molecule has 0 aliphatic heterocycles. The first-order chi connectivity index (χ1) is 10.4. The van der Waals surface area contributed by atoms with E-state index < -0.39 is 4.92 Å². The maximum Gasteiger partial charge on any atom is 0.374 e. The molecule has 0 atom stereocenters. The van der Waals surface area contributed by atoms with Crippen molar-refractivity contribution in [1.82, 2.24) is 15.0 Å². The molecule has 0 aliphatic rings. The SMILES string of the molecule is Cc1cc(Oc2ncnc(NN(C)C)c2[N+](=O)[O-])ccc1Cl. The molecule has 0 saturated carbocycles. The summed E-state index contributed by atoms with van der Waals surface area (Å²) in [5, 5.41) is 13.4. The van der Waals surface area contributed by atoms with Crippen molar-refractivity contribution in [2.75, 3.05) is 19.5 Å². The van der Waals surface area contributed by atoms with E-state index in [1.807, 2.05) is 6.92 Å². The Kier molecular flexibility index (Phi) is 4.74. The number of benzene rings is 1. The third-order valence-corrected chi connectivity index (χ3v) is 3.07. The van der Waals surface area contributed by atoms with Crippen LogP contribution in [0, 0.1) is 17.0 Å². The van der Waals surface area contributed by atoms with Crippen molar-refractivity contribution >= 4 is 23.1 Å². The highest BCUT2D eigenvalue weighted by atomic mass is 35.5. The molecule has 0 bridgehead atoms. The molecule has 2 aromatic rings. The molecule has 9 heteroatoms. The molecule has 1 heterocycles. The minimum Gasteiger partial charge on any atom is -0.434 e. The Morgan fingerprint density at radius 3 is 2.68 bits per heavy atom. The molecule has 0 saturated heterocycles. The van der Waals surface area contributed by atoms with E-state index in [0.29, 0.717) is 10.8 Å². The molecule has 1 aromatic carbocycles. The van der Waals surface area contributed by atoms with E-state index in [1.165, 1.54) is 11.3 Å². The van der Waals surface area contributed by atoms with Gasteiger partial charge in [-0.25, -0.2) is 9.99 Å². The fraction of sp³-hybridized carbons (Fsp3) is 0.231. The van der Waals surface area contributed by atoms with E-state index in [-0.39, 0.29) is 17.4 Å². The lowest BCUT2D eigenvalue weighted by atomic mass is 10.2. The first kappa shape index (κ1) is 15.9. The zero-order valence-electron chi connectivity index (χ0n) is 12.2. The molecular formula is C13H14ClN5O3. The van der Waals surface area contributed by atoms with Gasteiger partial charge in [-0.15, -0.1) is 0 Å². The number of hydrogen-bond donors (Lipinski definition) is 1. The molecule has 8 nitrogen and oxygen atoms in total. The van der Waals surface area contributed by atoms with E-state index in [9.17, 15) is 10.1 Å². The second kappa shape index (κ2) is 6.54. The monoisotopic (exact) mass is 323 g/mol. The summed E-state index contributed by atoms with van der Waals surface area (Å²) in [6.07, 6.45) is 1.19. The third-order valence-electron chi connectivity index (χ3n) is 2.64. The Balaban J connectivity index is 2.41. The topological polar surface area (TPSA) is 93.4 Å². The quantitative estimate of drug-likeness (QED) is 0.667. The standard InChI is InChI=1S/C13H14ClN5O3/c1-8-6-9(4-5-10(8)14)22-13-11(19(20)21)12(15-7-16-13)17-18(2)3/h4-7H,1-3H3,(H,15,16,17). The molecule has 0 fully saturated rings. The van der Waals surface area contributed by atoms with Crippen molar-refractivity contribution in [2.45, 2.75) is 6.92 Å². The van der Waals surface area contributed by atoms with Crippen LogP contribution in [0.3, 0.4) is 0 Å². The predicted molar refractivity (Wildman–Crippen MR) is 82.3 cm³/mol. The minimum atomic E-state index is -0.593. The number of ether oxygens (including phenoxy) is 1. The van der Waals surface area contributed by atoms with E-state index >= 15 is 0 Å². The molecular weight excluding hydrogens is 310 g/mol. The first-order valence-electron chi connectivity index (χ1n) is 6.26. The molecule has 0 radical (unpaired) electrons. The van der Waals surface area contributed by atoms with Gasteiger partial charge in [-0.05, 0) is 30.7 Å². The largest absolute Gasteiger partial charge is 0.434 e. The number of aromatic nitrogens is 2. The Morgan fingerprint density at radius 1 is 1.36 bits per heavy atom. The van der Waals surface area contributed by atoms with Crippen LogP contribution in [0.1, 0.15) is 5.56 Å². The molecule has 1 N–H and O–H groups in total. The second-order valence-electron chi connectivity index (χ2n) is 4.65. The van der Waals surface area contributed by atoms with Crippen LogP contribution >= 0.6 is 11.6 Å². The smallest absolute Gasteiger partial charge is 0.374 e. The molecule has 22 heavy (non-hydrogen) atoms. The van der Waals surface area contributed by atoms with Gasteiger partial charge in [-0.3, -0.25) is 15.5 Å². The number of rotatable bonds is 5. The molecule has 0 unspecified atom stereocenters. The lowest BCUT2D eigenvalue weighted by Gasteiger charge is -2.13. The fourth-order valence-electron chi connectivity index (χ4n) is 1.69. The van der Waals surface area contributed by atoms with Crippen LogP contribution in [-0.2, 0) is 0 Å². The summed E-state index contributed by atoms with van der Waals surface area (Å²) in [6.45, 7) is 1.81. The first-order valence-corrected chi connectivity index (χ1v) is 6.63. The highest BCUT2D eigenvalue weighted by Gasteiger charge is 2.25. The van der Waals surface area contributed by atoms with Crippen LogP contribution in [0.2, 0.25) is 5.02 Å². The van der Waals surface area contributed by atoms with Crippen LogP contribution < -0.4 is 10.2 Å². The Labute approximate surface area is 131 Å². The van der Waals surface area contributed by atoms with E-state index in [1.54, 1.807) is 32.3 Å². The average Bonchev–Trinajstić information content (AvgIpc) is 2.42.